The number of likely N-dealkylation sites (N-methyl/N-ethyl adjacent to an activating group) is 1. The van der Waals surface area contributed by atoms with Crippen LogP contribution in [-0.4, -0.2) is 29.2 Å². The summed E-state index contributed by atoms with van der Waals surface area (Å²) in [7, 11) is 0. The van der Waals surface area contributed by atoms with Gasteiger partial charge in [0.2, 0.25) is 0 Å². The topological polar surface area (TPSA) is 55.8 Å². The molecule has 0 bridgehead atoms. The first-order valence-electron chi connectivity index (χ1n) is 9.01. The average molecular weight is 497 g/mol. The largest absolute Gasteiger partial charge is 0.490 e. The lowest BCUT2D eigenvalue weighted by Crippen LogP contribution is -2.27. The van der Waals surface area contributed by atoms with Gasteiger partial charge in [-0.25, -0.2) is 0 Å². The molecule has 2 aromatic rings. The Morgan fingerprint density at radius 1 is 1.14 bits per heavy atom. The van der Waals surface area contributed by atoms with Gasteiger partial charge in [-0.15, -0.1) is 0 Å². The van der Waals surface area contributed by atoms with Crippen molar-refractivity contribution in [3.05, 3.63) is 61.9 Å². The van der Waals surface area contributed by atoms with E-state index in [2.05, 4.69) is 15.9 Å². The summed E-state index contributed by atoms with van der Waals surface area (Å²) in [5.74, 6) is 0.625. The van der Waals surface area contributed by atoms with Gasteiger partial charge in [0.1, 0.15) is 6.61 Å². The third kappa shape index (κ3) is 5.15. The van der Waals surface area contributed by atoms with Gasteiger partial charge in [0.05, 0.1) is 16.5 Å². The van der Waals surface area contributed by atoms with E-state index in [1.807, 2.05) is 31.2 Å². The lowest BCUT2D eigenvalue weighted by Gasteiger charge is -2.15. The minimum atomic E-state index is -0.299. The summed E-state index contributed by atoms with van der Waals surface area (Å²) in [6.45, 7) is 4.74. The molecule has 2 amide bonds. The maximum absolute atomic E-state index is 12.3. The second kappa shape index (κ2) is 9.69. The molecule has 1 heterocycles. The summed E-state index contributed by atoms with van der Waals surface area (Å²) in [5, 5.41) is 0.100. The molecule has 0 aromatic heterocycles. The van der Waals surface area contributed by atoms with Crippen molar-refractivity contribution in [3.8, 4) is 11.5 Å². The molecule has 3 rings (SSSR count). The molecule has 0 N–H and O–H groups in total. The van der Waals surface area contributed by atoms with Crippen LogP contribution in [0.2, 0.25) is 5.02 Å². The summed E-state index contributed by atoms with van der Waals surface area (Å²) in [4.78, 5) is 25.8. The third-order valence-corrected chi connectivity index (χ3v) is 5.83. The number of carbonyl (C=O) groups is 2. The van der Waals surface area contributed by atoms with Crippen LogP contribution < -0.4 is 9.47 Å². The molecule has 29 heavy (non-hydrogen) atoms. The summed E-state index contributed by atoms with van der Waals surface area (Å²) in [5.41, 5.74) is 1.65. The van der Waals surface area contributed by atoms with Crippen LogP contribution in [0.1, 0.15) is 25.0 Å². The van der Waals surface area contributed by atoms with Gasteiger partial charge in [-0.2, -0.15) is 0 Å². The zero-order valence-electron chi connectivity index (χ0n) is 15.9. The molecule has 8 heteroatoms. The molecule has 0 atom stereocenters. The molecule has 0 spiro atoms. The predicted molar refractivity (Wildman–Crippen MR) is 119 cm³/mol. The maximum Gasteiger partial charge on any atom is 0.293 e. The van der Waals surface area contributed by atoms with Crippen molar-refractivity contribution in [1.82, 2.24) is 4.90 Å². The van der Waals surface area contributed by atoms with Crippen molar-refractivity contribution in [2.75, 3.05) is 13.2 Å². The Bertz CT molecular complexity index is 962. The second-order valence-electron chi connectivity index (χ2n) is 6.10. The fraction of sp³-hybridized carbons (Fsp3) is 0.238. The number of imide groups is 1. The standard InChI is InChI=1S/C21H19BrClNO4S/c1-3-24-20(25)18(29-21(24)26)11-14-9-16(23)19(17(10-14)27-4-2)28-12-13-5-7-15(22)8-6-13/h5-11H,3-4,12H2,1-2H3/b18-11+. The quantitative estimate of drug-likeness (QED) is 0.431. The van der Waals surface area contributed by atoms with Crippen molar-refractivity contribution in [3.63, 3.8) is 0 Å². The highest BCUT2D eigenvalue weighted by molar-refractivity contribution is 9.10. The van der Waals surface area contributed by atoms with E-state index in [9.17, 15) is 9.59 Å². The van der Waals surface area contributed by atoms with E-state index in [-0.39, 0.29) is 11.1 Å². The molecule has 2 aromatic carbocycles. The maximum atomic E-state index is 12.3. The number of carbonyl (C=O) groups excluding carboxylic acids is 2. The molecule has 5 nitrogen and oxygen atoms in total. The lowest BCUT2D eigenvalue weighted by atomic mass is 10.1. The minimum absolute atomic E-state index is 0.269. The fourth-order valence-electron chi connectivity index (χ4n) is 2.73. The molecule has 0 saturated carbocycles. The Morgan fingerprint density at radius 2 is 1.86 bits per heavy atom. The Labute approximate surface area is 187 Å². The van der Waals surface area contributed by atoms with Gasteiger partial charge in [-0.1, -0.05) is 39.7 Å². The van der Waals surface area contributed by atoms with E-state index >= 15 is 0 Å². The van der Waals surface area contributed by atoms with E-state index in [0.717, 1.165) is 21.8 Å². The van der Waals surface area contributed by atoms with Crippen LogP contribution >= 0.6 is 39.3 Å². The number of nitrogens with zero attached hydrogens (tertiary/aromatic N) is 1. The minimum Gasteiger partial charge on any atom is -0.490 e. The average Bonchev–Trinajstić information content (AvgIpc) is 2.95. The predicted octanol–water partition coefficient (Wildman–Crippen LogP) is 6.14. The van der Waals surface area contributed by atoms with E-state index in [1.54, 1.807) is 25.1 Å². The number of amides is 2. The lowest BCUT2D eigenvalue weighted by molar-refractivity contribution is -0.122. The van der Waals surface area contributed by atoms with Gasteiger partial charge < -0.3 is 9.47 Å². The summed E-state index contributed by atoms with van der Waals surface area (Å²) in [6.07, 6.45) is 1.65. The van der Waals surface area contributed by atoms with Crippen LogP contribution in [0.5, 0.6) is 11.5 Å². The molecule has 1 saturated heterocycles. The number of ether oxygens (including phenoxy) is 2. The molecular weight excluding hydrogens is 478 g/mol. The number of benzene rings is 2. The highest BCUT2D eigenvalue weighted by Gasteiger charge is 2.33. The number of thioether (sulfide) groups is 1. The van der Waals surface area contributed by atoms with Gasteiger partial charge >= 0.3 is 0 Å². The van der Waals surface area contributed by atoms with E-state index in [0.29, 0.717) is 46.7 Å². The van der Waals surface area contributed by atoms with Gasteiger partial charge in [-0.05, 0) is 67.1 Å². The third-order valence-electron chi connectivity index (χ3n) is 4.12. The van der Waals surface area contributed by atoms with Crippen molar-refractivity contribution in [2.24, 2.45) is 0 Å². The highest BCUT2D eigenvalue weighted by atomic mass is 79.9. The van der Waals surface area contributed by atoms with Crippen molar-refractivity contribution >= 4 is 56.5 Å². The van der Waals surface area contributed by atoms with E-state index in [1.165, 1.54) is 4.90 Å². The van der Waals surface area contributed by atoms with Crippen LogP contribution in [0.25, 0.3) is 6.08 Å². The zero-order valence-corrected chi connectivity index (χ0v) is 19.1. The first-order valence-corrected chi connectivity index (χ1v) is 11.0. The van der Waals surface area contributed by atoms with Crippen molar-refractivity contribution in [1.29, 1.82) is 0 Å². The second-order valence-corrected chi connectivity index (χ2v) is 8.42. The first kappa shape index (κ1) is 21.7. The zero-order chi connectivity index (χ0) is 21.0. The summed E-state index contributed by atoms with van der Waals surface area (Å²) < 4.78 is 12.6. The molecule has 152 valence electrons. The molecule has 0 radical (unpaired) electrons. The van der Waals surface area contributed by atoms with E-state index < -0.39 is 0 Å². The molecule has 0 unspecified atom stereocenters. The smallest absolute Gasteiger partial charge is 0.293 e. The number of rotatable bonds is 7. The van der Waals surface area contributed by atoms with Crippen LogP contribution in [0.15, 0.2) is 45.8 Å². The Kier molecular flexibility index (Phi) is 7.27. The molecule has 1 fully saturated rings. The van der Waals surface area contributed by atoms with Gasteiger partial charge in [0, 0.05) is 11.0 Å². The highest BCUT2D eigenvalue weighted by Crippen LogP contribution is 2.39. The molecular formula is C21H19BrClNO4S. The van der Waals surface area contributed by atoms with E-state index in [4.69, 9.17) is 21.1 Å². The van der Waals surface area contributed by atoms with Crippen LogP contribution in [0.4, 0.5) is 4.79 Å². The monoisotopic (exact) mass is 495 g/mol. The van der Waals surface area contributed by atoms with Crippen LogP contribution in [0.3, 0.4) is 0 Å². The fourth-order valence-corrected chi connectivity index (χ4v) is 4.18. The summed E-state index contributed by atoms with van der Waals surface area (Å²) >= 11 is 10.8. The number of hydrogen-bond acceptors (Lipinski definition) is 5. The Hall–Kier alpha value is -1.96. The van der Waals surface area contributed by atoms with Crippen LogP contribution in [0, 0.1) is 0 Å². The van der Waals surface area contributed by atoms with Crippen LogP contribution in [-0.2, 0) is 11.4 Å². The molecule has 1 aliphatic rings. The molecule has 0 aliphatic carbocycles. The first-order chi connectivity index (χ1) is 13.9. The van der Waals surface area contributed by atoms with Crippen molar-refractivity contribution < 1.29 is 19.1 Å². The van der Waals surface area contributed by atoms with Crippen molar-refractivity contribution in [2.45, 2.75) is 20.5 Å². The summed E-state index contributed by atoms with van der Waals surface area (Å²) in [6, 6.07) is 11.2. The molecule has 1 aliphatic heterocycles. The van der Waals surface area contributed by atoms with Gasteiger partial charge in [0.15, 0.2) is 11.5 Å². The Morgan fingerprint density at radius 3 is 2.48 bits per heavy atom. The SMILES string of the molecule is CCOc1cc(/C=C2/SC(=O)N(CC)C2=O)cc(Cl)c1OCc1ccc(Br)cc1. The number of hydrogen-bond donors (Lipinski definition) is 0. The Balaban J connectivity index is 1.86. The number of halogens is 2. The normalized spacial score (nSPS) is 15.3. The van der Waals surface area contributed by atoms with Gasteiger partial charge in [0.25, 0.3) is 11.1 Å². The van der Waals surface area contributed by atoms with Gasteiger partial charge in [-0.3, -0.25) is 14.5 Å².